The van der Waals surface area contributed by atoms with E-state index in [2.05, 4.69) is 10.3 Å². The second-order valence-electron chi connectivity index (χ2n) is 4.03. The van der Waals surface area contributed by atoms with Crippen LogP contribution in [0.5, 0.6) is 0 Å². The van der Waals surface area contributed by atoms with Crippen LogP contribution in [0.15, 0.2) is 18.5 Å². The first kappa shape index (κ1) is 11.4. The van der Waals surface area contributed by atoms with Crippen molar-refractivity contribution < 1.29 is 4.79 Å². The maximum atomic E-state index is 11.9. The van der Waals surface area contributed by atoms with Crippen molar-refractivity contribution in [3.8, 4) is 0 Å². The molecule has 5 heteroatoms. The second-order valence-corrected chi connectivity index (χ2v) is 4.44. The third kappa shape index (κ3) is 2.33. The van der Waals surface area contributed by atoms with Gasteiger partial charge in [-0.2, -0.15) is 0 Å². The molecule has 0 radical (unpaired) electrons. The Hall–Kier alpha value is -1.13. The summed E-state index contributed by atoms with van der Waals surface area (Å²) in [4.78, 5) is 15.7. The molecule has 3 N–H and O–H groups in total. The van der Waals surface area contributed by atoms with Crippen molar-refractivity contribution in [2.75, 3.05) is 0 Å². The van der Waals surface area contributed by atoms with Gasteiger partial charge in [-0.1, -0.05) is 11.6 Å². The molecule has 1 aliphatic carbocycles. The molecule has 2 atom stereocenters. The molecule has 0 saturated heterocycles. The largest absolute Gasteiger partial charge is 0.348 e. The number of amides is 1. The minimum absolute atomic E-state index is 0.0598. The molecule has 0 spiro atoms. The quantitative estimate of drug-likeness (QED) is 0.819. The number of nitrogens with zero attached hydrogens (tertiary/aromatic N) is 1. The molecule has 4 nitrogen and oxygen atoms in total. The van der Waals surface area contributed by atoms with E-state index in [9.17, 15) is 4.79 Å². The highest BCUT2D eigenvalue weighted by Crippen LogP contribution is 2.19. The van der Waals surface area contributed by atoms with E-state index in [0.717, 1.165) is 19.3 Å². The lowest BCUT2D eigenvalue weighted by atomic mass is 10.1. The maximum Gasteiger partial charge on any atom is 0.253 e. The van der Waals surface area contributed by atoms with Gasteiger partial charge in [0, 0.05) is 24.5 Å². The minimum atomic E-state index is -0.172. The molecule has 0 bridgehead atoms. The number of rotatable bonds is 2. The van der Waals surface area contributed by atoms with Crippen LogP contribution < -0.4 is 11.1 Å². The molecule has 1 aliphatic rings. The van der Waals surface area contributed by atoms with Crippen molar-refractivity contribution in [3.63, 3.8) is 0 Å². The highest BCUT2D eigenvalue weighted by atomic mass is 35.5. The van der Waals surface area contributed by atoms with Crippen LogP contribution in [0, 0.1) is 0 Å². The van der Waals surface area contributed by atoms with Crippen LogP contribution in [-0.2, 0) is 0 Å². The summed E-state index contributed by atoms with van der Waals surface area (Å²) >= 11 is 5.89. The number of hydrogen-bond donors (Lipinski definition) is 2. The fourth-order valence-corrected chi connectivity index (χ4v) is 2.18. The lowest BCUT2D eigenvalue weighted by Gasteiger charge is -2.17. The molecule has 0 aliphatic heterocycles. The minimum Gasteiger partial charge on any atom is -0.348 e. The fraction of sp³-hybridized carbons (Fsp3) is 0.455. The molecule has 16 heavy (non-hydrogen) atoms. The third-order valence-corrected chi connectivity index (χ3v) is 3.20. The van der Waals surface area contributed by atoms with Crippen LogP contribution in [0.25, 0.3) is 0 Å². The third-order valence-electron chi connectivity index (χ3n) is 2.90. The Bertz CT molecular complexity index is 397. The van der Waals surface area contributed by atoms with Gasteiger partial charge in [0.15, 0.2) is 0 Å². The first-order valence-electron chi connectivity index (χ1n) is 5.34. The zero-order chi connectivity index (χ0) is 11.5. The Balaban J connectivity index is 2.06. The summed E-state index contributed by atoms with van der Waals surface area (Å²) in [6.07, 6.45) is 5.99. The van der Waals surface area contributed by atoms with Gasteiger partial charge in [0.05, 0.1) is 10.6 Å². The Morgan fingerprint density at radius 3 is 3.00 bits per heavy atom. The summed E-state index contributed by atoms with van der Waals surface area (Å²) in [7, 11) is 0. The standard InChI is InChI=1S/C11H14ClN3O/c12-8-6-14-5-4-7(8)11(16)15-10-3-1-2-9(10)13/h4-6,9-10H,1-3,13H2,(H,15,16). The summed E-state index contributed by atoms with van der Waals surface area (Å²) in [6, 6.07) is 1.74. The van der Waals surface area contributed by atoms with E-state index >= 15 is 0 Å². The predicted molar refractivity (Wildman–Crippen MR) is 62.3 cm³/mol. The second kappa shape index (κ2) is 4.80. The van der Waals surface area contributed by atoms with Gasteiger partial charge >= 0.3 is 0 Å². The first-order chi connectivity index (χ1) is 7.68. The van der Waals surface area contributed by atoms with Crippen LogP contribution in [0.1, 0.15) is 29.6 Å². The zero-order valence-corrected chi connectivity index (χ0v) is 9.57. The van der Waals surface area contributed by atoms with Crippen LogP contribution in [0.4, 0.5) is 0 Å². The number of carbonyl (C=O) groups excluding carboxylic acids is 1. The van der Waals surface area contributed by atoms with E-state index in [-0.39, 0.29) is 18.0 Å². The number of carbonyl (C=O) groups is 1. The van der Waals surface area contributed by atoms with Gasteiger partial charge in [-0.3, -0.25) is 9.78 Å². The summed E-state index contributed by atoms with van der Waals surface area (Å²) in [5.41, 5.74) is 6.34. The van der Waals surface area contributed by atoms with E-state index < -0.39 is 0 Å². The SMILES string of the molecule is NC1CCCC1NC(=O)c1ccncc1Cl. The fourth-order valence-electron chi connectivity index (χ4n) is 1.97. The monoisotopic (exact) mass is 239 g/mol. The van der Waals surface area contributed by atoms with E-state index in [0.29, 0.717) is 10.6 Å². The van der Waals surface area contributed by atoms with Crippen LogP contribution in [-0.4, -0.2) is 23.0 Å². The number of halogens is 1. The Morgan fingerprint density at radius 1 is 1.56 bits per heavy atom. The number of aromatic nitrogens is 1. The van der Waals surface area contributed by atoms with Gasteiger partial charge in [0.1, 0.15) is 0 Å². The smallest absolute Gasteiger partial charge is 0.253 e. The molecular formula is C11H14ClN3O. The van der Waals surface area contributed by atoms with Crippen LogP contribution >= 0.6 is 11.6 Å². The molecule has 1 fully saturated rings. The van der Waals surface area contributed by atoms with E-state index in [1.807, 2.05) is 0 Å². The number of nitrogens with one attached hydrogen (secondary N) is 1. The van der Waals surface area contributed by atoms with Crippen molar-refractivity contribution in [2.45, 2.75) is 31.3 Å². The van der Waals surface area contributed by atoms with Crippen molar-refractivity contribution in [3.05, 3.63) is 29.0 Å². The lowest BCUT2D eigenvalue weighted by Crippen LogP contribution is -2.44. The van der Waals surface area contributed by atoms with E-state index in [1.54, 1.807) is 12.3 Å². The van der Waals surface area contributed by atoms with Gasteiger partial charge < -0.3 is 11.1 Å². The topological polar surface area (TPSA) is 68.0 Å². The van der Waals surface area contributed by atoms with E-state index in [1.165, 1.54) is 6.20 Å². The molecule has 86 valence electrons. The summed E-state index contributed by atoms with van der Waals surface area (Å²) in [5, 5.41) is 3.28. The normalized spacial score (nSPS) is 24.4. The molecule has 0 aromatic carbocycles. The molecule has 1 heterocycles. The molecule has 1 saturated carbocycles. The lowest BCUT2D eigenvalue weighted by molar-refractivity contribution is 0.0934. The molecule has 1 aromatic heterocycles. The predicted octanol–water partition coefficient (Wildman–Crippen LogP) is 1.34. The highest BCUT2D eigenvalue weighted by Gasteiger charge is 2.26. The van der Waals surface area contributed by atoms with Crippen molar-refractivity contribution >= 4 is 17.5 Å². The van der Waals surface area contributed by atoms with Crippen molar-refractivity contribution in [1.82, 2.24) is 10.3 Å². The summed E-state index contributed by atoms with van der Waals surface area (Å²) < 4.78 is 0. The average Bonchev–Trinajstić information content (AvgIpc) is 2.65. The number of nitrogens with two attached hydrogens (primary N) is 1. The summed E-state index contributed by atoms with van der Waals surface area (Å²) in [6.45, 7) is 0. The van der Waals surface area contributed by atoms with Crippen molar-refractivity contribution in [2.24, 2.45) is 5.73 Å². The first-order valence-corrected chi connectivity index (χ1v) is 5.72. The molecule has 2 rings (SSSR count). The summed E-state index contributed by atoms with van der Waals surface area (Å²) in [5.74, 6) is -0.172. The number of hydrogen-bond acceptors (Lipinski definition) is 3. The Kier molecular flexibility index (Phi) is 3.41. The number of pyridine rings is 1. The van der Waals surface area contributed by atoms with Gasteiger partial charge in [0.2, 0.25) is 0 Å². The molecule has 1 amide bonds. The van der Waals surface area contributed by atoms with Crippen LogP contribution in [0.2, 0.25) is 5.02 Å². The van der Waals surface area contributed by atoms with Gasteiger partial charge in [-0.15, -0.1) is 0 Å². The maximum absolute atomic E-state index is 11.9. The van der Waals surface area contributed by atoms with Crippen LogP contribution in [0.3, 0.4) is 0 Å². The Morgan fingerprint density at radius 2 is 2.38 bits per heavy atom. The zero-order valence-electron chi connectivity index (χ0n) is 8.82. The van der Waals surface area contributed by atoms with E-state index in [4.69, 9.17) is 17.3 Å². The molecule has 1 aromatic rings. The van der Waals surface area contributed by atoms with Crippen molar-refractivity contribution in [1.29, 1.82) is 0 Å². The Labute approximate surface area is 99.2 Å². The molecular weight excluding hydrogens is 226 g/mol. The van der Waals surface area contributed by atoms with Gasteiger partial charge in [-0.25, -0.2) is 0 Å². The average molecular weight is 240 g/mol. The highest BCUT2D eigenvalue weighted by molar-refractivity contribution is 6.33. The molecule has 2 unspecified atom stereocenters. The van der Waals surface area contributed by atoms with Gasteiger partial charge in [-0.05, 0) is 25.3 Å². The van der Waals surface area contributed by atoms with Gasteiger partial charge in [0.25, 0.3) is 5.91 Å².